The van der Waals surface area contributed by atoms with E-state index in [1.807, 2.05) is 36.4 Å². The maximum atomic E-state index is 12.6. The van der Waals surface area contributed by atoms with Gasteiger partial charge in [0.15, 0.2) is 0 Å². The number of benzene rings is 2. The Bertz CT molecular complexity index is 953. The van der Waals surface area contributed by atoms with E-state index in [-0.39, 0.29) is 10.6 Å². The second-order valence-corrected chi connectivity index (χ2v) is 6.61. The van der Waals surface area contributed by atoms with Crippen molar-refractivity contribution in [3.05, 3.63) is 92.9 Å². The smallest absolute Gasteiger partial charge is 0.287 e. The highest BCUT2D eigenvalue weighted by Crippen LogP contribution is 2.27. The Labute approximate surface area is 151 Å². The number of rotatable bonds is 3. The molecule has 4 rings (SSSR count). The van der Waals surface area contributed by atoms with E-state index >= 15 is 0 Å². The highest BCUT2D eigenvalue weighted by Gasteiger charge is 2.20. The van der Waals surface area contributed by atoms with Crippen molar-refractivity contribution in [1.29, 1.82) is 0 Å². The van der Waals surface area contributed by atoms with Crippen LogP contribution in [-0.4, -0.2) is 16.3 Å². The van der Waals surface area contributed by atoms with Gasteiger partial charge in [0.25, 0.3) is 5.56 Å². The van der Waals surface area contributed by atoms with Crippen molar-refractivity contribution >= 4 is 17.3 Å². The van der Waals surface area contributed by atoms with Crippen molar-refractivity contribution in [3.63, 3.8) is 0 Å². The van der Waals surface area contributed by atoms with E-state index in [0.29, 0.717) is 12.2 Å². The lowest BCUT2D eigenvalue weighted by Gasteiger charge is -2.31. The monoisotopic (exact) mass is 351 g/mol. The minimum Gasteiger partial charge on any atom is -0.364 e. The van der Waals surface area contributed by atoms with Crippen molar-refractivity contribution in [2.75, 3.05) is 11.4 Å². The van der Waals surface area contributed by atoms with Crippen LogP contribution in [0.4, 0.5) is 5.69 Å². The molecule has 1 aliphatic heterocycles. The minimum absolute atomic E-state index is 0.241. The summed E-state index contributed by atoms with van der Waals surface area (Å²) in [5, 5.41) is 4.58. The van der Waals surface area contributed by atoms with Gasteiger partial charge in [0, 0.05) is 13.1 Å². The van der Waals surface area contributed by atoms with Gasteiger partial charge >= 0.3 is 0 Å². The van der Waals surface area contributed by atoms with E-state index in [1.54, 1.807) is 6.20 Å². The third-order valence-electron chi connectivity index (χ3n) is 4.61. The van der Waals surface area contributed by atoms with Crippen LogP contribution in [0, 0.1) is 0 Å². The second-order valence-electron chi connectivity index (χ2n) is 6.23. The summed E-state index contributed by atoms with van der Waals surface area (Å²) in [4.78, 5) is 14.8. The Hall–Kier alpha value is -2.59. The molecule has 0 unspecified atom stereocenters. The zero-order valence-electron chi connectivity index (χ0n) is 13.7. The van der Waals surface area contributed by atoms with Crippen LogP contribution in [0.25, 0.3) is 0 Å². The standard InChI is InChI=1S/C20H18ClN3O/c21-19-18(23-11-10-16-8-4-5-9-17(16)14-23)12-22-24(20(19)25)13-15-6-2-1-3-7-15/h1-9,12H,10-11,13-14H2. The number of anilines is 1. The summed E-state index contributed by atoms with van der Waals surface area (Å²) >= 11 is 6.41. The number of halogens is 1. The first-order valence-corrected chi connectivity index (χ1v) is 8.71. The third-order valence-corrected chi connectivity index (χ3v) is 4.97. The van der Waals surface area contributed by atoms with Gasteiger partial charge in [-0.05, 0) is 23.1 Å². The van der Waals surface area contributed by atoms with Crippen LogP contribution in [0.15, 0.2) is 65.6 Å². The van der Waals surface area contributed by atoms with E-state index in [1.165, 1.54) is 15.8 Å². The largest absolute Gasteiger partial charge is 0.364 e. The normalized spacial score (nSPS) is 13.6. The molecule has 5 heteroatoms. The van der Waals surface area contributed by atoms with Gasteiger partial charge in [-0.2, -0.15) is 5.10 Å². The van der Waals surface area contributed by atoms with Gasteiger partial charge in [0.1, 0.15) is 5.02 Å². The molecule has 1 aromatic heterocycles. The molecule has 0 fully saturated rings. The van der Waals surface area contributed by atoms with E-state index < -0.39 is 0 Å². The van der Waals surface area contributed by atoms with Gasteiger partial charge in [-0.3, -0.25) is 4.79 Å². The van der Waals surface area contributed by atoms with E-state index in [4.69, 9.17) is 11.6 Å². The SMILES string of the molecule is O=c1c(Cl)c(N2CCc3ccccc3C2)cnn1Cc1ccccc1. The van der Waals surface area contributed by atoms with Crippen LogP contribution >= 0.6 is 11.6 Å². The summed E-state index contributed by atoms with van der Waals surface area (Å²) in [5.74, 6) is 0. The molecule has 0 N–H and O–H groups in total. The predicted molar refractivity (Wildman–Crippen MR) is 100 cm³/mol. The van der Waals surface area contributed by atoms with Gasteiger partial charge in [0.2, 0.25) is 0 Å². The highest BCUT2D eigenvalue weighted by molar-refractivity contribution is 6.33. The molecule has 0 atom stereocenters. The maximum absolute atomic E-state index is 12.6. The molecule has 0 radical (unpaired) electrons. The summed E-state index contributed by atoms with van der Waals surface area (Å²) in [6.07, 6.45) is 2.65. The average Bonchev–Trinajstić information content (AvgIpc) is 2.66. The zero-order chi connectivity index (χ0) is 17.2. The van der Waals surface area contributed by atoms with Crippen LogP contribution in [0.3, 0.4) is 0 Å². The van der Waals surface area contributed by atoms with Gasteiger partial charge < -0.3 is 4.90 Å². The fourth-order valence-corrected chi connectivity index (χ4v) is 3.51. The molecular weight excluding hydrogens is 334 g/mol. The Morgan fingerprint density at radius 2 is 1.72 bits per heavy atom. The van der Waals surface area contributed by atoms with Crippen LogP contribution in [0.1, 0.15) is 16.7 Å². The molecule has 4 nitrogen and oxygen atoms in total. The summed E-state index contributed by atoms with van der Waals surface area (Å²) in [7, 11) is 0. The Kier molecular flexibility index (Phi) is 4.28. The molecular formula is C20H18ClN3O. The first kappa shape index (κ1) is 15.9. The molecule has 0 amide bonds. The van der Waals surface area contributed by atoms with Gasteiger partial charge in [-0.15, -0.1) is 0 Å². The lowest BCUT2D eigenvalue weighted by Crippen LogP contribution is -2.33. The fraction of sp³-hybridized carbons (Fsp3) is 0.200. The summed E-state index contributed by atoms with van der Waals surface area (Å²) in [5.41, 5.74) is 4.12. The fourth-order valence-electron chi connectivity index (χ4n) is 3.25. The Morgan fingerprint density at radius 3 is 2.52 bits per heavy atom. The Morgan fingerprint density at radius 1 is 1.00 bits per heavy atom. The second kappa shape index (κ2) is 6.73. The number of hydrogen-bond acceptors (Lipinski definition) is 3. The molecule has 3 aromatic rings. The molecule has 1 aliphatic rings. The average molecular weight is 352 g/mol. The third kappa shape index (κ3) is 3.17. The van der Waals surface area contributed by atoms with Crippen LogP contribution in [0.2, 0.25) is 5.02 Å². The lowest BCUT2D eigenvalue weighted by atomic mass is 10.00. The first-order valence-electron chi connectivity index (χ1n) is 8.33. The van der Waals surface area contributed by atoms with Crippen LogP contribution in [0.5, 0.6) is 0 Å². The van der Waals surface area contributed by atoms with Crippen LogP contribution in [-0.2, 0) is 19.5 Å². The van der Waals surface area contributed by atoms with Crippen molar-refractivity contribution in [2.24, 2.45) is 0 Å². The summed E-state index contributed by atoms with van der Waals surface area (Å²) < 4.78 is 1.42. The topological polar surface area (TPSA) is 38.1 Å². The maximum Gasteiger partial charge on any atom is 0.287 e. The molecule has 0 aliphatic carbocycles. The highest BCUT2D eigenvalue weighted by atomic mass is 35.5. The minimum atomic E-state index is -0.248. The quantitative estimate of drug-likeness (QED) is 0.724. The number of fused-ring (bicyclic) bond motifs is 1. The van der Waals surface area contributed by atoms with Crippen molar-refractivity contribution in [2.45, 2.75) is 19.5 Å². The molecule has 0 saturated carbocycles. The van der Waals surface area contributed by atoms with Crippen molar-refractivity contribution < 1.29 is 0 Å². The number of nitrogens with zero attached hydrogens (tertiary/aromatic N) is 3. The van der Waals surface area contributed by atoms with Gasteiger partial charge in [-0.25, -0.2) is 4.68 Å². The predicted octanol–water partition coefficient (Wildman–Crippen LogP) is 3.51. The van der Waals surface area contributed by atoms with E-state index in [2.05, 4.69) is 28.2 Å². The van der Waals surface area contributed by atoms with Gasteiger partial charge in [-0.1, -0.05) is 66.2 Å². The molecule has 2 heterocycles. The van der Waals surface area contributed by atoms with E-state index in [0.717, 1.165) is 25.1 Å². The molecule has 25 heavy (non-hydrogen) atoms. The van der Waals surface area contributed by atoms with Crippen molar-refractivity contribution in [3.8, 4) is 0 Å². The zero-order valence-corrected chi connectivity index (χ0v) is 14.5. The van der Waals surface area contributed by atoms with E-state index in [9.17, 15) is 4.79 Å². The molecule has 0 bridgehead atoms. The Balaban J connectivity index is 1.62. The molecule has 126 valence electrons. The summed E-state index contributed by atoms with van der Waals surface area (Å²) in [6, 6.07) is 18.2. The number of hydrogen-bond donors (Lipinski definition) is 0. The van der Waals surface area contributed by atoms with Crippen molar-refractivity contribution in [1.82, 2.24) is 9.78 Å². The lowest BCUT2D eigenvalue weighted by molar-refractivity contribution is 0.632. The molecule has 0 spiro atoms. The number of aromatic nitrogens is 2. The first-order chi connectivity index (χ1) is 12.2. The van der Waals surface area contributed by atoms with Crippen LogP contribution < -0.4 is 10.5 Å². The molecule has 0 saturated heterocycles. The van der Waals surface area contributed by atoms with Gasteiger partial charge in [0.05, 0.1) is 18.4 Å². The molecule has 2 aromatic carbocycles. The summed E-state index contributed by atoms with van der Waals surface area (Å²) in [6.45, 7) is 2.00.